The minimum Gasteiger partial charge on any atom is -0.381 e. The van der Waals surface area contributed by atoms with Gasteiger partial charge in [0.25, 0.3) is 0 Å². The maximum Gasteiger partial charge on any atom is 0.248 e. The summed E-state index contributed by atoms with van der Waals surface area (Å²) in [5.74, 6) is -0.0484. The molecule has 2 fully saturated rings. The molecule has 2 heterocycles. The zero-order valence-electron chi connectivity index (χ0n) is 14.6. The zero-order valence-corrected chi connectivity index (χ0v) is 14.6. The Hall–Kier alpha value is -1.47. The topological polar surface area (TPSA) is 80.5 Å². The Kier molecular flexibility index (Phi) is 5.20. The van der Waals surface area contributed by atoms with Crippen molar-refractivity contribution in [2.45, 2.75) is 70.1 Å². The molecular weight excluding hydrogens is 308 g/mol. The molecule has 1 aromatic rings. The average Bonchev–Trinajstić information content (AvgIpc) is 3.22. The van der Waals surface area contributed by atoms with Crippen molar-refractivity contribution in [1.82, 2.24) is 19.9 Å². The third-order valence-corrected chi connectivity index (χ3v) is 5.11. The molecule has 24 heavy (non-hydrogen) atoms. The van der Waals surface area contributed by atoms with E-state index in [0.717, 1.165) is 12.8 Å². The Bertz CT molecular complexity index is 568. The average molecular weight is 336 g/mol. The van der Waals surface area contributed by atoms with E-state index in [1.165, 1.54) is 19.3 Å². The molecule has 3 rings (SSSR count). The Balaban J connectivity index is 1.54. The summed E-state index contributed by atoms with van der Waals surface area (Å²) in [5, 5.41) is 19.0. The molecule has 1 aliphatic heterocycles. The lowest BCUT2D eigenvalue weighted by Gasteiger charge is -2.24. The first kappa shape index (κ1) is 17.4. The van der Waals surface area contributed by atoms with Crippen LogP contribution in [0.1, 0.15) is 64.1 Å². The van der Waals surface area contributed by atoms with Crippen LogP contribution in [0.15, 0.2) is 6.20 Å². The van der Waals surface area contributed by atoms with E-state index in [-0.39, 0.29) is 31.2 Å². The Morgan fingerprint density at radius 2 is 2.17 bits per heavy atom. The fraction of sp³-hybridized carbons (Fsp3) is 0.824. The van der Waals surface area contributed by atoms with Gasteiger partial charge in [-0.05, 0) is 26.7 Å². The quantitative estimate of drug-likeness (QED) is 0.884. The molecule has 7 heteroatoms. The number of carbonyl (C=O) groups excluding carboxylic acids is 1. The number of amides is 1. The number of aromatic nitrogens is 3. The lowest BCUT2D eigenvalue weighted by Crippen LogP contribution is -2.37. The number of carbonyl (C=O) groups is 1. The SMILES string of the molecule is CC(C)n1cc([C@@]2(O)CCN(C(=O)COC3CCCCC3)C2)nn1. The summed E-state index contributed by atoms with van der Waals surface area (Å²) in [6.45, 7) is 4.92. The monoisotopic (exact) mass is 336 g/mol. The molecule has 1 N–H and O–H groups in total. The number of hydrogen-bond acceptors (Lipinski definition) is 5. The number of aliphatic hydroxyl groups is 1. The first-order valence-corrected chi connectivity index (χ1v) is 9.02. The highest BCUT2D eigenvalue weighted by atomic mass is 16.5. The van der Waals surface area contributed by atoms with Gasteiger partial charge in [0.1, 0.15) is 17.9 Å². The summed E-state index contributed by atoms with van der Waals surface area (Å²) in [6.07, 6.45) is 8.22. The molecule has 7 nitrogen and oxygen atoms in total. The van der Waals surface area contributed by atoms with E-state index < -0.39 is 5.60 Å². The van der Waals surface area contributed by atoms with Crippen LogP contribution in [-0.4, -0.2) is 56.7 Å². The molecule has 0 unspecified atom stereocenters. The van der Waals surface area contributed by atoms with Gasteiger partial charge in [0, 0.05) is 19.0 Å². The molecule has 1 saturated heterocycles. The van der Waals surface area contributed by atoms with Crippen molar-refractivity contribution >= 4 is 5.91 Å². The lowest BCUT2D eigenvalue weighted by molar-refractivity contribution is -0.138. The summed E-state index contributed by atoms with van der Waals surface area (Å²) in [7, 11) is 0. The van der Waals surface area contributed by atoms with Crippen molar-refractivity contribution in [3.63, 3.8) is 0 Å². The fourth-order valence-electron chi connectivity index (χ4n) is 3.47. The predicted molar refractivity (Wildman–Crippen MR) is 88.3 cm³/mol. The van der Waals surface area contributed by atoms with Crippen LogP contribution in [-0.2, 0) is 15.1 Å². The molecule has 1 saturated carbocycles. The summed E-state index contributed by atoms with van der Waals surface area (Å²) in [4.78, 5) is 14.0. The minimum absolute atomic E-state index is 0.0484. The van der Waals surface area contributed by atoms with Crippen LogP contribution in [0, 0.1) is 0 Å². The van der Waals surface area contributed by atoms with Crippen molar-refractivity contribution in [1.29, 1.82) is 0 Å². The molecule has 2 aliphatic rings. The normalized spacial score (nSPS) is 25.6. The van der Waals surface area contributed by atoms with Gasteiger partial charge in [-0.2, -0.15) is 0 Å². The second-order valence-electron chi connectivity index (χ2n) is 7.35. The van der Waals surface area contributed by atoms with E-state index in [0.29, 0.717) is 18.7 Å². The first-order valence-electron chi connectivity index (χ1n) is 9.02. The summed E-state index contributed by atoms with van der Waals surface area (Å²) in [5.41, 5.74) is -0.562. The van der Waals surface area contributed by atoms with Crippen LogP contribution in [0.2, 0.25) is 0 Å². The molecule has 1 aliphatic carbocycles. The largest absolute Gasteiger partial charge is 0.381 e. The predicted octanol–water partition coefficient (Wildman–Crippen LogP) is 1.63. The number of rotatable bonds is 5. The van der Waals surface area contributed by atoms with Crippen LogP contribution in [0.4, 0.5) is 0 Å². The number of hydrogen-bond donors (Lipinski definition) is 1. The van der Waals surface area contributed by atoms with Gasteiger partial charge in [0.15, 0.2) is 0 Å². The molecule has 1 amide bonds. The maximum atomic E-state index is 12.4. The number of β-amino-alcohol motifs (C(OH)–C–C–N with tert-alkyl or cyclic N) is 1. The van der Waals surface area contributed by atoms with E-state index in [4.69, 9.17) is 4.74 Å². The standard InChI is InChI=1S/C17H28N4O3/c1-13(2)21-10-15(18-19-21)17(23)8-9-20(12-17)16(22)11-24-14-6-4-3-5-7-14/h10,13-14,23H,3-9,11-12H2,1-2H3/t17-/m1/s1. The van der Waals surface area contributed by atoms with Crippen LogP contribution < -0.4 is 0 Å². The summed E-state index contributed by atoms with van der Waals surface area (Å²) >= 11 is 0. The second-order valence-corrected chi connectivity index (χ2v) is 7.35. The molecule has 1 aromatic heterocycles. The zero-order chi connectivity index (χ0) is 17.2. The van der Waals surface area contributed by atoms with Crippen LogP contribution in [0.5, 0.6) is 0 Å². The van der Waals surface area contributed by atoms with Gasteiger partial charge >= 0.3 is 0 Å². The van der Waals surface area contributed by atoms with E-state index in [1.807, 2.05) is 13.8 Å². The minimum atomic E-state index is -1.10. The smallest absolute Gasteiger partial charge is 0.248 e. The number of ether oxygens (including phenoxy) is 1. The van der Waals surface area contributed by atoms with E-state index in [2.05, 4.69) is 10.3 Å². The fourth-order valence-corrected chi connectivity index (χ4v) is 3.47. The highest BCUT2D eigenvalue weighted by Crippen LogP contribution is 2.31. The van der Waals surface area contributed by atoms with Gasteiger partial charge in [-0.25, -0.2) is 4.68 Å². The molecule has 0 spiro atoms. The van der Waals surface area contributed by atoms with Gasteiger partial charge in [0.2, 0.25) is 5.91 Å². The molecule has 0 aromatic carbocycles. The Labute approximate surface area is 143 Å². The van der Waals surface area contributed by atoms with Crippen LogP contribution >= 0.6 is 0 Å². The van der Waals surface area contributed by atoms with Crippen molar-refractivity contribution in [3.8, 4) is 0 Å². The second kappa shape index (κ2) is 7.19. The highest BCUT2D eigenvalue weighted by Gasteiger charge is 2.42. The first-order chi connectivity index (χ1) is 11.5. The molecule has 0 radical (unpaired) electrons. The Morgan fingerprint density at radius 1 is 1.42 bits per heavy atom. The number of nitrogens with zero attached hydrogens (tertiary/aromatic N) is 4. The molecular formula is C17H28N4O3. The molecule has 1 atom stereocenters. The summed E-state index contributed by atoms with van der Waals surface area (Å²) in [6, 6.07) is 0.192. The Morgan fingerprint density at radius 3 is 2.83 bits per heavy atom. The van der Waals surface area contributed by atoms with Crippen LogP contribution in [0.25, 0.3) is 0 Å². The van der Waals surface area contributed by atoms with Gasteiger partial charge in [-0.3, -0.25) is 4.79 Å². The molecule has 134 valence electrons. The van der Waals surface area contributed by atoms with Gasteiger partial charge in [0.05, 0.1) is 18.8 Å². The molecule has 0 bridgehead atoms. The van der Waals surface area contributed by atoms with Crippen molar-refractivity contribution in [3.05, 3.63) is 11.9 Å². The van der Waals surface area contributed by atoms with Gasteiger partial charge in [-0.15, -0.1) is 5.10 Å². The van der Waals surface area contributed by atoms with E-state index >= 15 is 0 Å². The van der Waals surface area contributed by atoms with Crippen molar-refractivity contribution < 1.29 is 14.6 Å². The van der Waals surface area contributed by atoms with Crippen molar-refractivity contribution in [2.75, 3.05) is 19.7 Å². The third kappa shape index (κ3) is 3.78. The lowest BCUT2D eigenvalue weighted by atomic mass is 9.98. The van der Waals surface area contributed by atoms with Crippen LogP contribution in [0.3, 0.4) is 0 Å². The van der Waals surface area contributed by atoms with E-state index in [1.54, 1.807) is 15.8 Å². The third-order valence-electron chi connectivity index (χ3n) is 5.11. The van der Waals surface area contributed by atoms with Gasteiger partial charge < -0.3 is 14.7 Å². The highest BCUT2D eigenvalue weighted by molar-refractivity contribution is 5.78. The van der Waals surface area contributed by atoms with Gasteiger partial charge in [-0.1, -0.05) is 24.5 Å². The van der Waals surface area contributed by atoms with E-state index in [9.17, 15) is 9.90 Å². The summed E-state index contributed by atoms with van der Waals surface area (Å²) < 4.78 is 7.49. The number of likely N-dealkylation sites (tertiary alicyclic amines) is 1. The van der Waals surface area contributed by atoms with Crippen molar-refractivity contribution in [2.24, 2.45) is 0 Å². The maximum absolute atomic E-state index is 12.4.